The highest BCUT2D eigenvalue weighted by Crippen LogP contribution is 2.44. The topological polar surface area (TPSA) is 96.0 Å². The molecule has 31 heavy (non-hydrogen) atoms. The molecule has 1 aromatic rings. The van der Waals surface area contributed by atoms with Gasteiger partial charge < -0.3 is 15.0 Å². The molecular formula is C23H29N3O5. The second kappa shape index (κ2) is 8.32. The van der Waals surface area contributed by atoms with Crippen molar-refractivity contribution in [3.05, 3.63) is 29.8 Å². The molecule has 0 radical (unpaired) electrons. The van der Waals surface area contributed by atoms with Crippen LogP contribution in [0.1, 0.15) is 62.7 Å². The zero-order chi connectivity index (χ0) is 22.2. The van der Waals surface area contributed by atoms with Crippen molar-refractivity contribution in [2.45, 2.75) is 64.1 Å². The second-order valence-electron chi connectivity index (χ2n) is 8.62. The molecule has 1 saturated carbocycles. The van der Waals surface area contributed by atoms with Crippen molar-refractivity contribution >= 4 is 29.4 Å². The largest absolute Gasteiger partial charge is 0.452 e. The number of benzene rings is 1. The molecule has 1 aliphatic carbocycles. The minimum atomic E-state index is -1.55. The molecule has 3 amide bonds. The van der Waals surface area contributed by atoms with Crippen LogP contribution in [0, 0.1) is 5.92 Å². The van der Waals surface area contributed by atoms with Crippen LogP contribution in [0.25, 0.3) is 0 Å². The van der Waals surface area contributed by atoms with Gasteiger partial charge in [0.1, 0.15) is 0 Å². The molecule has 3 atom stereocenters. The number of nitrogens with zero attached hydrogens (tertiary/aromatic N) is 2. The van der Waals surface area contributed by atoms with Crippen molar-refractivity contribution in [3.63, 3.8) is 0 Å². The van der Waals surface area contributed by atoms with Gasteiger partial charge in [-0.3, -0.25) is 19.3 Å². The van der Waals surface area contributed by atoms with Crippen LogP contribution in [0.2, 0.25) is 0 Å². The average molecular weight is 428 g/mol. The fourth-order valence-corrected chi connectivity index (χ4v) is 5.20. The molecule has 4 rings (SSSR count). The van der Waals surface area contributed by atoms with E-state index in [1.807, 2.05) is 0 Å². The number of anilines is 1. The zero-order valence-electron chi connectivity index (χ0n) is 18.1. The van der Waals surface area contributed by atoms with Gasteiger partial charge in [-0.25, -0.2) is 4.79 Å². The number of fused-ring (bicyclic) bond motifs is 3. The first-order valence-electron chi connectivity index (χ1n) is 11.1. The molecule has 1 saturated heterocycles. The number of hydrogen-bond acceptors (Lipinski definition) is 5. The third-order valence-corrected chi connectivity index (χ3v) is 6.81. The third kappa shape index (κ3) is 3.47. The molecule has 0 unspecified atom stereocenters. The SMILES string of the molecule is CCN1C(=O)c2ccccc2N2C(=O)CC[C@]12C(=O)OCC(=O)N[C@@H]1CCCC[C@@H]1C. The predicted octanol–water partition coefficient (Wildman–Crippen LogP) is 2.22. The molecule has 1 N–H and O–H groups in total. The highest BCUT2D eigenvalue weighted by atomic mass is 16.5. The molecule has 166 valence electrons. The lowest BCUT2D eigenvalue weighted by molar-refractivity contribution is -0.160. The van der Waals surface area contributed by atoms with Crippen molar-refractivity contribution in [3.8, 4) is 0 Å². The molecule has 8 heteroatoms. The van der Waals surface area contributed by atoms with E-state index in [-0.39, 0.29) is 43.1 Å². The smallest absolute Gasteiger partial charge is 0.354 e. The second-order valence-corrected chi connectivity index (χ2v) is 8.62. The van der Waals surface area contributed by atoms with E-state index < -0.39 is 18.2 Å². The standard InChI is InChI=1S/C23H29N3O5/c1-3-25-21(29)16-9-5-7-11-18(16)26-20(28)12-13-23(25,26)22(30)31-14-19(27)24-17-10-6-4-8-15(17)2/h5,7,9,11,15,17H,3-4,6,8,10,12-14H2,1-2H3,(H,24,27)/t15-,17+,23-/m0/s1. The van der Waals surface area contributed by atoms with Crippen LogP contribution in [0.4, 0.5) is 5.69 Å². The number of esters is 1. The van der Waals surface area contributed by atoms with E-state index in [1.54, 1.807) is 31.2 Å². The minimum absolute atomic E-state index is 0.0814. The van der Waals surface area contributed by atoms with E-state index in [4.69, 9.17) is 4.74 Å². The molecule has 2 heterocycles. The van der Waals surface area contributed by atoms with Gasteiger partial charge in [0.25, 0.3) is 11.8 Å². The molecule has 2 aliphatic heterocycles. The van der Waals surface area contributed by atoms with E-state index in [0.29, 0.717) is 17.2 Å². The number of ether oxygens (including phenoxy) is 1. The quantitative estimate of drug-likeness (QED) is 0.727. The van der Waals surface area contributed by atoms with E-state index in [2.05, 4.69) is 12.2 Å². The summed E-state index contributed by atoms with van der Waals surface area (Å²) in [7, 11) is 0. The van der Waals surface area contributed by atoms with Crippen molar-refractivity contribution in [2.75, 3.05) is 18.1 Å². The molecule has 0 aromatic heterocycles. The first-order valence-corrected chi connectivity index (χ1v) is 11.1. The monoisotopic (exact) mass is 427 g/mol. The Hall–Kier alpha value is -2.90. The van der Waals surface area contributed by atoms with Crippen LogP contribution in [-0.2, 0) is 19.1 Å². The van der Waals surface area contributed by atoms with Crippen LogP contribution < -0.4 is 10.2 Å². The molecular weight excluding hydrogens is 398 g/mol. The van der Waals surface area contributed by atoms with Gasteiger partial charge in [0.05, 0.1) is 11.3 Å². The molecule has 3 aliphatic rings. The van der Waals surface area contributed by atoms with E-state index in [1.165, 1.54) is 9.80 Å². The lowest BCUT2D eigenvalue weighted by Gasteiger charge is -2.47. The lowest BCUT2D eigenvalue weighted by atomic mass is 9.86. The maximum atomic E-state index is 13.3. The van der Waals surface area contributed by atoms with E-state index >= 15 is 0 Å². The maximum Gasteiger partial charge on any atom is 0.354 e. The number of nitrogens with one attached hydrogen (secondary N) is 1. The van der Waals surface area contributed by atoms with Gasteiger partial charge in [-0.2, -0.15) is 0 Å². The Morgan fingerprint density at radius 1 is 1.19 bits per heavy atom. The van der Waals surface area contributed by atoms with Gasteiger partial charge >= 0.3 is 5.97 Å². The van der Waals surface area contributed by atoms with Crippen molar-refractivity contribution in [2.24, 2.45) is 5.92 Å². The van der Waals surface area contributed by atoms with Crippen molar-refractivity contribution < 1.29 is 23.9 Å². The van der Waals surface area contributed by atoms with Crippen molar-refractivity contribution in [1.82, 2.24) is 10.2 Å². The highest BCUT2D eigenvalue weighted by Gasteiger charge is 2.61. The van der Waals surface area contributed by atoms with Gasteiger partial charge in [0.2, 0.25) is 11.6 Å². The minimum Gasteiger partial charge on any atom is -0.452 e. The first kappa shape index (κ1) is 21.3. The number of carbonyl (C=O) groups is 4. The summed E-state index contributed by atoms with van der Waals surface area (Å²) in [5, 5.41) is 2.97. The Labute approximate surface area is 181 Å². The summed E-state index contributed by atoms with van der Waals surface area (Å²) in [5.74, 6) is -1.27. The normalized spacial score (nSPS) is 27.5. The van der Waals surface area contributed by atoms with Crippen molar-refractivity contribution in [1.29, 1.82) is 0 Å². The van der Waals surface area contributed by atoms with Gasteiger partial charge in [0.15, 0.2) is 6.61 Å². The molecule has 1 aromatic carbocycles. The van der Waals surface area contributed by atoms with Crippen LogP contribution in [0.15, 0.2) is 24.3 Å². The van der Waals surface area contributed by atoms with Gasteiger partial charge in [-0.1, -0.05) is 31.9 Å². The summed E-state index contributed by atoms with van der Waals surface area (Å²) in [5.41, 5.74) is -0.750. The summed E-state index contributed by atoms with van der Waals surface area (Å²) in [6.45, 7) is 3.68. The summed E-state index contributed by atoms with van der Waals surface area (Å²) in [6, 6.07) is 6.86. The Kier molecular flexibility index (Phi) is 5.73. The number of para-hydroxylation sites is 1. The van der Waals surface area contributed by atoms with E-state index in [9.17, 15) is 19.2 Å². The van der Waals surface area contributed by atoms with Crippen LogP contribution in [0.3, 0.4) is 0 Å². The van der Waals surface area contributed by atoms with Gasteiger partial charge in [0, 0.05) is 25.4 Å². The summed E-state index contributed by atoms with van der Waals surface area (Å²) in [4.78, 5) is 54.5. The number of amides is 3. The molecule has 0 bridgehead atoms. The molecule has 0 spiro atoms. The van der Waals surface area contributed by atoms with Gasteiger partial charge in [-0.05, 0) is 37.8 Å². The summed E-state index contributed by atoms with van der Waals surface area (Å²) in [6.07, 6.45) is 4.48. The zero-order valence-corrected chi connectivity index (χ0v) is 18.1. The number of hydrogen-bond donors (Lipinski definition) is 1. The van der Waals surface area contributed by atoms with Crippen LogP contribution in [-0.4, -0.2) is 53.4 Å². The maximum absolute atomic E-state index is 13.3. The Bertz CT molecular complexity index is 916. The fourth-order valence-electron chi connectivity index (χ4n) is 5.20. The average Bonchev–Trinajstić information content (AvgIpc) is 3.12. The Balaban J connectivity index is 1.55. The van der Waals surface area contributed by atoms with Gasteiger partial charge in [-0.15, -0.1) is 0 Å². The molecule has 8 nitrogen and oxygen atoms in total. The lowest BCUT2D eigenvalue weighted by Crippen LogP contribution is -2.68. The summed E-state index contributed by atoms with van der Waals surface area (Å²) < 4.78 is 5.43. The Morgan fingerprint density at radius 3 is 2.68 bits per heavy atom. The number of rotatable bonds is 5. The highest BCUT2D eigenvalue weighted by molar-refractivity contribution is 6.15. The number of likely N-dealkylation sites (N-methyl/N-ethyl adjacent to an activating group) is 1. The van der Waals surface area contributed by atoms with Crippen LogP contribution in [0.5, 0.6) is 0 Å². The fraction of sp³-hybridized carbons (Fsp3) is 0.565. The first-order chi connectivity index (χ1) is 14.9. The predicted molar refractivity (Wildman–Crippen MR) is 113 cm³/mol. The molecule has 2 fully saturated rings. The number of carbonyl (C=O) groups excluding carboxylic acids is 4. The van der Waals surface area contributed by atoms with E-state index in [0.717, 1.165) is 25.7 Å². The summed E-state index contributed by atoms with van der Waals surface area (Å²) >= 11 is 0. The third-order valence-electron chi connectivity index (χ3n) is 6.81. The Morgan fingerprint density at radius 2 is 1.94 bits per heavy atom. The van der Waals surface area contributed by atoms with Crippen LogP contribution >= 0.6 is 0 Å².